The van der Waals surface area contributed by atoms with Crippen LogP contribution in [0.25, 0.3) is 0 Å². The maximum atomic E-state index is 12.2. The van der Waals surface area contributed by atoms with Gasteiger partial charge in [0, 0.05) is 25.4 Å². The topological polar surface area (TPSA) is 79.4 Å². The molecular formula is C18H17N3O3. The van der Waals surface area contributed by atoms with Gasteiger partial charge in [-0.05, 0) is 30.7 Å². The van der Waals surface area contributed by atoms with Gasteiger partial charge in [0.15, 0.2) is 0 Å². The third-order valence-electron chi connectivity index (χ3n) is 4.00. The number of nitrogens with zero attached hydrogens (tertiary/aromatic N) is 2. The molecule has 0 spiro atoms. The number of imide groups is 1. The summed E-state index contributed by atoms with van der Waals surface area (Å²) in [5.74, 6) is -0.907. The van der Waals surface area contributed by atoms with Gasteiger partial charge in [0.25, 0.3) is 11.8 Å². The van der Waals surface area contributed by atoms with E-state index in [1.807, 2.05) is 13.0 Å². The molecule has 6 nitrogen and oxygen atoms in total. The van der Waals surface area contributed by atoms with Crippen molar-refractivity contribution in [1.82, 2.24) is 15.2 Å². The monoisotopic (exact) mass is 323 g/mol. The van der Waals surface area contributed by atoms with Crippen molar-refractivity contribution in [3.05, 3.63) is 65.5 Å². The van der Waals surface area contributed by atoms with Gasteiger partial charge in [0.1, 0.15) is 0 Å². The van der Waals surface area contributed by atoms with Crippen molar-refractivity contribution in [3.63, 3.8) is 0 Å². The summed E-state index contributed by atoms with van der Waals surface area (Å²) in [7, 11) is 0. The molecule has 1 aromatic carbocycles. The minimum absolute atomic E-state index is 0.0655. The maximum absolute atomic E-state index is 12.2. The van der Waals surface area contributed by atoms with Crippen LogP contribution in [0.4, 0.5) is 0 Å². The standard InChI is InChI=1S/C18H17N3O3/c1-12(13-5-4-9-19-11-13)20-16(22)8-10-21-17(23)14-6-2-3-7-15(14)18(21)24/h2-7,9,11-12H,8,10H2,1H3,(H,20,22). The highest BCUT2D eigenvalue weighted by Gasteiger charge is 2.34. The average molecular weight is 323 g/mol. The molecule has 2 heterocycles. The molecule has 0 radical (unpaired) electrons. The molecule has 1 aromatic heterocycles. The number of hydrogen-bond donors (Lipinski definition) is 1. The van der Waals surface area contributed by atoms with Gasteiger partial charge in [0.05, 0.1) is 17.2 Å². The first kappa shape index (κ1) is 15.9. The SMILES string of the molecule is CC(NC(=O)CCN1C(=O)c2ccccc2C1=O)c1cccnc1. The zero-order chi connectivity index (χ0) is 17.1. The highest BCUT2D eigenvalue weighted by molar-refractivity contribution is 6.21. The number of carbonyl (C=O) groups is 3. The van der Waals surface area contributed by atoms with E-state index in [4.69, 9.17) is 0 Å². The van der Waals surface area contributed by atoms with Gasteiger partial charge in [-0.1, -0.05) is 18.2 Å². The number of amides is 3. The second kappa shape index (κ2) is 6.62. The molecule has 1 atom stereocenters. The third-order valence-corrected chi connectivity index (χ3v) is 4.00. The molecule has 0 bridgehead atoms. The molecule has 6 heteroatoms. The quantitative estimate of drug-likeness (QED) is 0.853. The van der Waals surface area contributed by atoms with Crippen molar-refractivity contribution in [2.75, 3.05) is 6.54 Å². The van der Waals surface area contributed by atoms with Gasteiger partial charge in [-0.3, -0.25) is 24.3 Å². The second-order valence-corrected chi connectivity index (χ2v) is 5.63. The molecule has 3 amide bonds. The van der Waals surface area contributed by atoms with Crippen molar-refractivity contribution in [2.45, 2.75) is 19.4 Å². The van der Waals surface area contributed by atoms with Crippen LogP contribution in [0.15, 0.2) is 48.8 Å². The van der Waals surface area contributed by atoms with E-state index in [-0.39, 0.29) is 36.7 Å². The van der Waals surface area contributed by atoms with E-state index in [1.54, 1.807) is 42.7 Å². The molecule has 3 rings (SSSR count). The van der Waals surface area contributed by atoms with E-state index in [2.05, 4.69) is 10.3 Å². The fraction of sp³-hybridized carbons (Fsp3) is 0.222. The summed E-state index contributed by atoms with van der Waals surface area (Å²) in [6.45, 7) is 1.93. The van der Waals surface area contributed by atoms with Crippen molar-refractivity contribution in [2.24, 2.45) is 0 Å². The molecule has 0 saturated carbocycles. The van der Waals surface area contributed by atoms with Gasteiger partial charge in [-0.15, -0.1) is 0 Å². The van der Waals surface area contributed by atoms with Gasteiger partial charge in [0.2, 0.25) is 5.91 Å². The van der Waals surface area contributed by atoms with Crippen molar-refractivity contribution >= 4 is 17.7 Å². The predicted molar refractivity (Wildman–Crippen MR) is 87.2 cm³/mol. The molecular weight excluding hydrogens is 306 g/mol. The van der Waals surface area contributed by atoms with Crippen LogP contribution in [-0.4, -0.2) is 34.2 Å². The fourth-order valence-corrected chi connectivity index (χ4v) is 2.68. The van der Waals surface area contributed by atoms with E-state index < -0.39 is 0 Å². The Labute approximate surface area is 139 Å². The molecule has 1 aliphatic rings. The van der Waals surface area contributed by atoms with Crippen molar-refractivity contribution < 1.29 is 14.4 Å². The van der Waals surface area contributed by atoms with Gasteiger partial charge < -0.3 is 5.32 Å². The zero-order valence-corrected chi connectivity index (χ0v) is 13.2. The molecule has 2 aromatic rings. The van der Waals surface area contributed by atoms with E-state index >= 15 is 0 Å². The lowest BCUT2D eigenvalue weighted by Crippen LogP contribution is -2.35. The van der Waals surface area contributed by atoms with E-state index in [1.165, 1.54) is 0 Å². The molecule has 24 heavy (non-hydrogen) atoms. The lowest BCUT2D eigenvalue weighted by molar-refractivity contribution is -0.121. The number of aromatic nitrogens is 1. The number of pyridine rings is 1. The number of nitrogens with one attached hydrogen (secondary N) is 1. The largest absolute Gasteiger partial charge is 0.349 e. The Morgan fingerprint density at radius 2 is 1.79 bits per heavy atom. The van der Waals surface area contributed by atoms with Crippen LogP contribution in [0.1, 0.15) is 45.7 Å². The molecule has 1 unspecified atom stereocenters. The van der Waals surface area contributed by atoms with Crippen LogP contribution in [0.3, 0.4) is 0 Å². The Bertz CT molecular complexity index is 754. The highest BCUT2D eigenvalue weighted by Crippen LogP contribution is 2.22. The number of hydrogen-bond acceptors (Lipinski definition) is 4. The molecule has 0 fully saturated rings. The Balaban J connectivity index is 1.58. The van der Waals surface area contributed by atoms with Crippen LogP contribution >= 0.6 is 0 Å². The molecule has 1 aliphatic heterocycles. The summed E-state index contributed by atoms with van der Waals surface area (Å²) in [6, 6.07) is 10.2. The van der Waals surface area contributed by atoms with Gasteiger partial charge in [-0.2, -0.15) is 0 Å². The van der Waals surface area contributed by atoms with E-state index in [0.717, 1.165) is 10.5 Å². The second-order valence-electron chi connectivity index (χ2n) is 5.63. The minimum Gasteiger partial charge on any atom is -0.349 e. The molecule has 1 N–H and O–H groups in total. The van der Waals surface area contributed by atoms with Crippen LogP contribution in [0, 0.1) is 0 Å². The molecule has 122 valence electrons. The maximum Gasteiger partial charge on any atom is 0.261 e. The zero-order valence-electron chi connectivity index (χ0n) is 13.2. The third kappa shape index (κ3) is 3.03. The van der Waals surface area contributed by atoms with E-state index in [9.17, 15) is 14.4 Å². The van der Waals surface area contributed by atoms with Crippen LogP contribution < -0.4 is 5.32 Å². The lowest BCUT2D eigenvalue weighted by Gasteiger charge is -2.16. The van der Waals surface area contributed by atoms with Gasteiger partial charge >= 0.3 is 0 Å². The van der Waals surface area contributed by atoms with E-state index in [0.29, 0.717) is 11.1 Å². The normalized spacial score (nSPS) is 14.5. The molecule has 0 aliphatic carbocycles. The summed E-state index contributed by atoms with van der Waals surface area (Å²) < 4.78 is 0. The first-order valence-corrected chi connectivity index (χ1v) is 7.72. The minimum atomic E-state index is -0.344. The number of carbonyl (C=O) groups excluding carboxylic acids is 3. The summed E-state index contributed by atoms with van der Waals surface area (Å²) in [6.07, 6.45) is 3.42. The first-order valence-electron chi connectivity index (χ1n) is 7.72. The fourth-order valence-electron chi connectivity index (χ4n) is 2.68. The van der Waals surface area contributed by atoms with Gasteiger partial charge in [-0.25, -0.2) is 0 Å². The summed E-state index contributed by atoms with van der Waals surface area (Å²) in [5, 5.41) is 2.84. The number of benzene rings is 1. The lowest BCUT2D eigenvalue weighted by atomic mass is 10.1. The Hall–Kier alpha value is -3.02. The Morgan fingerprint density at radius 1 is 1.12 bits per heavy atom. The Kier molecular flexibility index (Phi) is 4.37. The molecule has 0 saturated heterocycles. The van der Waals surface area contributed by atoms with Crippen molar-refractivity contribution in [3.8, 4) is 0 Å². The van der Waals surface area contributed by atoms with Crippen LogP contribution in [0.5, 0.6) is 0 Å². The Morgan fingerprint density at radius 3 is 2.38 bits per heavy atom. The highest BCUT2D eigenvalue weighted by atomic mass is 16.2. The average Bonchev–Trinajstić information content (AvgIpc) is 2.85. The predicted octanol–water partition coefficient (Wildman–Crippen LogP) is 1.95. The number of rotatable bonds is 5. The number of fused-ring (bicyclic) bond motifs is 1. The summed E-state index contributed by atoms with van der Waals surface area (Å²) in [4.78, 5) is 41.7. The smallest absolute Gasteiger partial charge is 0.261 e. The van der Waals surface area contributed by atoms with Crippen LogP contribution in [0.2, 0.25) is 0 Å². The summed E-state index contributed by atoms with van der Waals surface area (Å²) >= 11 is 0. The van der Waals surface area contributed by atoms with Crippen molar-refractivity contribution in [1.29, 1.82) is 0 Å². The van der Waals surface area contributed by atoms with Crippen LogP contribution in [-0.2, 0) is 4.79 Å². The first-order chi connectivity index (χ1) is 11.6. The summed E-state index contributed by atoms with van der Waals surface area (Å²) in [5.41, 5.74) is 1.69.